The number of fused-ring (bicyclic) bond motifs is 1. The second kappa shape index (κ2) is 7.54. The maximum atomic E-state index is 13.2. The number of likely N-dealkylation sites (tertiary alicyclic amines) is 1. The summed E-state index contributed by atoms with van der Waals surface area (Å²) in [6.45, 7) is 7.78. The Bertz CT molecular complexity index is 863. The SMILES string of the molecule is [CH2]CN1CCC(Cc2nc3cccnc3n2Cc2ccc(F)cc2)CC1. The third-order valence-corrected chi connectivity index (χ3v) is 5.33. The molecule has 5 heteroatoms. The average Bonchev–Trinajstić information content (AvgIpc) is 3.01. The predicted molar refractivity (Wildman–Crippen MR) is 101 cm³/mol. The molecule has 1 aliphatic rings. The van der Waals surface area contributed by atoms with Crippen molar-refractivity contribution in [2.45, 2.75) is 25.8 Å². The highest BCUT2D eigenvalue weighted by atomic mass is 19.1. The number of rotatable bonds is 5. The maximum absolute atomic E-state index is 13.2. The summed E-state index contributed by atoms with van der Waals surface area (Å²) in [5, 5.41) is 0. The third kappa shape index (κ3) is 3.63. The molecule has 0 aliphatic carbocycles. The van der Waals surface area contributed by atoms with Gasteiger partial charge in [0.1, 0.15) is 17.2 Å². The van der Waals surface area contributed by atoms with E-state index in [2.05, 4.69) is 21.4 Å². The van der Waals surface area contributed by atoms with Crippen molar-refractivity contribution in [1.82, 2.24) is 19.4 Å². The van der Waals surface area contributed by atoms with Crippen LogP contribution in [0.25, 0.3) is 11.2 Å². The van der Waals surface area contributed by atoms with E-state index < -0.39 is 0 Å². The maximum Gasteiger partial charge on any atom is 0.160 e. The largest absolute Gasteiger partial charge is 0.308 e. The molecule has 0 bridgehead atoms. The van der Waals surface area contributed by atoms with Gasteiger partial charge in [-0.2, -0.15) is 0 Å². The second-order valence-corrected chi connectivity index (χ2v) is 7.08. The van der Waals surface area contributed by atoms with Crippen molar-refractivity contribution in [3.8, 4) is 0 Å². The summed E-state index contributed by atoms with van der Waals surface area (Å²) < 4.78 is 15.4. The first-order chi connectivity index (χ1) is 12.7. The zero-order chi connectivity index (χ0) is 17.9. The molecule has 3 aromatic rings. The van der Waals surface area contributed by atoms with Crippen LogP contribution >= 0.6 is 0 Å². The fourth-order valence-electron chi connectivity index (χ4n) is 3.77. The molecule has 135 valence electrons. The number of benzene rings is 1. The average molecular weight is 351 g/mol. The van der Waals surface area contributed by atoms with Gasteiger partial charge in [-0.25, -0.2) is 14.4 Å². The summed E-state index contributed by atoms with van der Waals surface area (Å²) in [7, 11) is 0. The van der Waals surface area contributed by atoms with Crippen molar-refractivity contribution in [2.24, 2.45) is 5.92 Å². The van der Waals surface area contributed by atoms with Crippen molar-refractivity contribution >= 4 is 11.2 Å². The van der Waals surface area contributed by atoms with Crippen molar-refractivity contribution < 1.29 is 4.39 Å². The minimum atomic E-state index is -0.209. The highest BCUT2D eigenvalue weighted by molar-refractivity contribution is 5.71. The number of halogens is 1. The Hall–Kier alpha value is -2.27. The lowest BCUT2D eigenvalue weighted by Crippen LogP contribution is -2.34. The molecular weight excluding hydrogens is 327 g/mol. The van der Waals surface area contributed by atoms with E-state index in [1.807, 2.05) is 30.5 Å². The molecule has 0 unspecified atom stereocenters. The van der Waals surface area contributed by atoms with E-state index in [1.54, 1.807) is 0 Å². The number of hydrogen-bond acceptors (Lipinski definition) is 3. The summed E-state index contributed by atoms with van der Waals surface area (Å²) in [5.41, 5.74) is 2.89. The van der Waals surface area contributed by atoms with Crippen LogP contribution in [0.15, 0.2) is 42.6 Å². The summed E-state index contributed by atoms with van der Waals surface area (Å²) in [4.78, 5) is 11.8. The van der Waals surface area contributed by atoms with Crippen molar-refractivity contribution in [3.05, 3.63) is 66.7 Å². The Morgan fingerprint density at radius 3 is 2.62 bits per heavy atom. The first-order valence-corrected chi connectivity index (χ1v) is 9.29. The van der Waals surface area contributed by atoms with Gasteiger partial charge in [0.25, 0.3) is 0 Å². The molecule has 4 nitrogen and oxygen atoms in total. The first kappa shape index (κ1) is 17.2. The highest BCUT2D eigenvalue weighted by Gasteiger charge is 2.21. The molecule has 0 atom stereocenters. The van der Waals surface area contributed by atoms with Gasteiger partial charge in [-0.1, -0.05) is 12.1 Å². The fraction of sp³-hybridized carbons (Fsp3) is 0.381. The number of hydrogen-bond donors (Lipinski definition) is 0. The number of pyridine rings is 1. The fourth-order valence-corrected chi connectivity index (χ4v) is 3.77. The summed E-state index contributed by atoms with van der Waals surface area (Å²) in [5.74, 6) is 1.51. The van der Waals surface area contributed by atoms with E-state index in [0.29, 0.717) is 12.5 Å². The van der Waals surface area contributed by atoms with Crippen LogP contribution in [-0.2, 0) is 13.0 Å². The molecule has 1 fully saturated rings. The van der Waals surface area contributed by atoms with E-state index in [1.165, 1.54) is 25.0 Å². The van der Waals surface area contributed by atoms with Crippen LogP contribution in [0, 0.1) is 18.7 Å². The smallest absolute Gasteiger partial charge is 0.160 e. The minimum Gasteiger partial charge on any atom is -0.308 e. The molecule has 1 radical (unpaired) electrons. The predicted octanol–water partition coefficient (Wildman–Crippen LogP) is 3.71. The molecule has 0 N–H and O–H groups in total. The van der Waals surface area contributed by atoms with E-state index in [9.17, 15) is 4.39 Å². The van der Waals surface area contributed by atoms with Gasteiger partial charge in [0.15, 0.2) is 5.65 Å². The Balaban J connectivity index is 1.60. The number of piperidine rings is 1. The van der Waals surface area contributed by atoms with Crippen LogP contribution in [0.1, 0.15) is 24.2 Å². The molecule has 26 heavy (non-hydrogen) atoms. The third-order valence-electron chi connectivity index (χ3n) is 5.33. The molecule has 1 aromatic carbocycles. The highest BCUT2D eigenvalue weighted by Crippen LogP contribution is 2.24. The Kier molecular flexibility index (Phi) is 4.98. The Morgan fingerprint density at radius 2 is 1.88 bits per heavy atom. The van der Waals surface area contributed by atoms with Gasteiger partial charge in [0.05, 0.1) is 6.54 Å². The topological polar surface area (TPSA) is 34.0 Å². The van der Waals surface area contributed by atoms with Crippen LogP contribution < -0.4 is 0 Å². The summed E-state index contributed by atoms with van der Waals surface area (Å²) >= 11 is 0. The molecule has 4 rings (SSSR count). The second-order valence-electron chi connectivity index (χ2n) is 7.08. The van der Waals surface area contributed by atoms with Gasteiger partial charge in [-0.3, -0.25) is 0 Å². The lowest BCUT2D eigenvalue weighted by atomic mass is 9.93. The standard InChI is InChI=1S/C21H24FN4/c1-2-25-12-9-16(10-13-25)14-20-24-19-4-3-11-23-21(19)26(20)15-17-5-7-18(22)8-6-17/h3-8,11,16H,1-2,9-10,12-15H2. The molecule has 3 heterocycles. The minimum absolute atomic E-state index is 0.209. The Morgan fingerprint density at radius 1 is 1.12 bits per heavy atom. The van der Waals surface area contributed by atoms with Gasteiger partial charge >= 0.3 is 0 Å². The molecule has 0 amide bonds. The van der Waals surface area contributed by atoms with Crippen LogP contribution in [0.4, 0.5) is 4.39 Å². The lowest BCUT2D eigenvalue weighted by molar-refractivity contribution is 0.198. The molecule has 2 aromatic heterocycles. The van der Waals surface area contributed by atoms with Gasteiger partial charge < -0.3 is 9.47 Å². The van der Waals surface area contributed by atoms with Gasteiger partial charge in [-0.15, -0.1) is 0 Å². The van der Waals surface area contributed by atoms with Crippen LogP contribution in [-0.4, -0.2) is 39.1 Å². The number of imidazole rings is 1. The molecule has 1 saturated heterocycles. The molecule has 0 spiro atoms. The molecule has 1 aliphatic heterocycles. The zero-order valence-electron chi connectivity index (χ0n) is 14.9. The first-order valence-electron chi connectivity index (χ1n) is 9.29. The number of nitrogens with zero attached hydrogens (tertiary/aromatic N) is 4. The van der Waals surface area contributed by atoms with E-state index in [0.717, 1.165) is 48.6 Å². The summed E-state index contributed by atoms with van der Waals surface area (Å²) in [6.07, 6.45) is 5.13. The molecule has 0 saturated carbocycles. The molecular formula is C21H24FN4. The van der Waals surface area contributed by atoms with Crippen molar-refractivity contribution in [2.75, 3.05) is 19.6 Å². The van der Waals surface area contributed by atoms with Crippen LogP contribution in [0.2, 0.25) is 0 Å². The van der Waals surface area contributed by atoms with Crippen LogP contribution in [0.5, 0.6) is 0 Å². The van der Waals surface area contributed by atoms with Gasteiger partial charge in [0.2, 0.25) is 0 Å². The normalized spacial score (nSPS) is 16.4. The van der Waals surface area contributed by atoms with E-state index >= 15 is 0 Å². The van der Waals surface area contributed by atoms with E-state index in [4.69, 9.17) is 4.98 Å². The lowest BCUT2D eigenvalue weighted by Gasteiger charge is -2.30. The van der Waals surface area contributed by atoms with E-state index in [-0.39, 0.29) is 5.82 Å². The monoisotopic (exact) mass is 351 g/mol. The Labute approximate surface area is 153 Å². The number of aromatic nitrogens is 3. The zero-order valence-corrected chi connectivity index (χ0v) is 14.9. The van der Waals surface area contributed by atoms with Gasteiger partial charge in [0, 0.05) is 12.6 Å². The quantitative estimate of drug-likeness (QED) is 0.703. The van der Waals surface area contributed by atoms with Gasteiger partial charge in [-0.05, 0) is 75.1 Å². The summed E-state index contributed by atoms with van der Waals surface area (Å²) in [6, 6.07) is 10.6. The van der Waals surface area contributed by atoms with Crippen molar-refractivity contribution in [3.63, 3.8) is 0 Å². The van der Waals surface area contributed by atoms with Crippen LogP contribution in [0.3, 0.4) is 0 Å². The van der Waals surface area contributed by atoms with Crippen molar-refractivity contribution in [1.29, 1.82) is 0 Å².